The van der Waals surface area contributed by atoms with E-state index in [4.69, 9.17) is 9.47 Å². The zero-order chi connectivity index (χ0) is 23.2. The first-order valence-corrected chi connectivity index (χ1v) is 12.2. The lowest BCUT2D eigenvalue weighted by molar-refractivity contribution is -0.135. The van der Waals surface area contributed by atoms with E-state index in [-0.39, 0.29) is 17.7 Å². The first kappa shape index (κ1) is 26.0. The average Bonchev–Trinajstić information content (AvgIpc) is 2.80. The number of benzene rings is 2. The monoisotopic (exact) mass is 474 g/mol. The Bertz CT molecular complexity index is 791. The van der Waals surface area contributed by atoms with Crippen molar-refractivity contribution in [1.82, 2.24) is 0 Å². The lowest BCUT2D eigenvalue weighted by atomic mass is 10.0. The van der Waals surface area contributed by atoms with Crippen LogP contribution in [0.4, 0.5) is 0 Å². The van der Waals surface area contributed by atoms with Gasteiger partial charge in [0.15, 0.2) is 5.78 Å². The van der Waals surface area contributed by atoms with Crippen LogP contribution in [0.2, 0.25) is 0 Å². The van der Waals surface area contributed by atoms with Crippen LogP contribution in [0.3, 0.4) is 0 Å². The van der Waals surface area contributed by atoms with Gasteiger partial charge in [0.25, 0.3) is 0 Å². The molecule has 0 aromatic heterocycles. The first-order chi connectivity index (χ1) is 15.5. The smallest absolute Gasteiger partial charge is 0.311 e. The van der Waals surface area contributed by atoms with Crippen molar-refractivity contribution in [2.75, 3.05) is 11.5 Å². The molecule has 0 spiro atoms. The summed E-state index contributed by atoms with van der Waals surface area (Å²) in [6.07, 6.45) is 6.12. The molecule has 0 N–H and O–H groups in total. The second-order valence-electron chi connectivity index (χ2n) is 7.39. The Hall–Kier alpha value is -2.25. The minimum absolute atomic E-state index is 0.167. The Balaban J connectivity index is 1.84. The van der Waals surface area contributed by atoms with Crippen LogP contribution in [-0.2, 0) is 9.59 Å². The van der Waals surface area contributed by atoms with Gasteiger partial charge in [0.1, 0.15) is 11.5 Å². The molecule has 5 nitrogen and oxygen atoms in total. The van der Waals surface area contributed by atoms with Crippen LogP contribution in [0.15, 0.2) is 48.5 Å². The average molecular weight is 475 g/mol. The van der Waals surface area contributed by atoms with Gasteiger partial charge in [-0.2, -0.15) is 25.3 Å². The molecule has 0 aliphatic carbocycles. The SMILES string of the molecule is O=C(CCCCCS)Oc1ccc(C(=O)c2ccc(OC(=O)CCCCCS)cc2)cc1. The molecule has 7 heteroatoms. The number of unbranched alkanes of at least 4 members (excludes halogenated alkanes) is 4. The van der Waals surface area contributed by atoms with E-state index >= 15 is 0 Å². The number of thiol groups is 2. The van der Waals surface area contributed by atoms with Crippen LogP contribution in [0.1, 0.15) is 67.3 Å². The zero-order valence-electron chi connectivity index (χ0n) is 18.1. The molecule has 0 atom stereocenters. The summed E-state index contributed by atoms with van der Waals surface area (Å²) in [7, 11) is 0. The minimum Gasteiger partial charge on any atom is -0.427 e. The third-order valence-electron chi connectivity index (χ3n) is 4.77. The van der Waals surface area contributed by atoms with Crippen LogP contribution >= 0.6 is 25.3 Å². The normalized spacial score (nSPS) is 10.6. The van der Waals surface area contributed by atoms with Crippen molar-refractivity contribution < 1.29 is 23.9 Å². The molecule has 0 aliphatic heterocycles. The summed E-state index contributed by atoms with van der Waals surface area (Å²) in [6, 6.07) is 13.0. The van der Waals surface area contributed by atoms with Crippen LogP contribution in [0.5, 0.6) is 11.5 Å². The molecule has 2 aromatic carbocycles. The van der Waals surface area contributed by atoms with Gasteiger partial charge in [0.2, 0.25) is 0 Å². The molecule has 0 fully saturated rings. The van der Waals surface area contributed by atoms with E-state index in [1.165, 1.54) is 0 Å². The van der Waals surface area contributed by atoms with Crippen LogP contribution in [0, 0.1) is 0 Å². The molecule has 32 heavy (non-hydrogen) atoms. The van der Waals surface area contributed by atoms with Gasteiger partial charge in [-0.05, 0) is 85.7 Å². The van der Waals surface area contributed by atoms with E-state index in [0.717, 1.165) is 50.0 Å². The Kier molecular flexibility index (Phi) is 12.0. The summed E-state index contributed by atoms with van der Waals surface area (Å²) < 4.78 is 10.6. The molecule has 0 unspecified atom stereocenters. The fourth-order valence-electron chi connectivity index (χ4n) is 3.00. The Morgan fingerprint density at radius 2 is 0.938 bits per heavy atom. The summed E-state index contributed by atoms with van der Waals surface area (Å²) in [4.78, 5) is 36.4. The van der Waals surface area contributed by atoms with Gasteiger partial charge in [-0.3, -0.25) is 14.4 Å². The number of hydrogen-bond acceptors (Lipinski definition) is 7. The van der Waals surface area contributed by atoms with Crippen molar-refractivity contribution in [1.29, 1.82) is 0 Å². The highest BCUT2D eigenvalue weighted by molar-refractivity contribution is 7.80. The summed E-state index contributed by atoms with van der Waals surface area (Å²) in [5.74, 6) is 1.73. The summed E-state index contributed by atoms with van der Waals surface area (Å²) >= 11 is 8.29. The molecular formula is C25H30O5S2. The first-order valence-electron chi connectivity index (χ1n) is 10.9. The number of carbonyl (C=O) groups excluding carboxylic acids is 3. The molecule has 2 rings (SSSR count). The van der Waals surface area contributed by atoms with Crippen LogP contribution in [-0.4, -0.2) is 29.2 Å². The van der Waals surface area contributed by atoms with Crippen molar-refractivity contribution >= 4 is 43.0 Å². The molecule has 2 aromatic rings. The van der Waals surface area contributed by atoms with Crippen molar-refractivity contribution in [3.8, 4) is 11.5 Å². The molecule has 172 valence electrons. The van der Waals surface area contributed by atoms with Gasteiger partial charge in [-0.1, -0.05) is 12.8 Å². The molecule has 0 amide bonds. The Morgan fingerprint density at radius 3 is 1.28 bits per heavy atom. The van der Waals surface area contributed by atoms with E-state index in [1.54, 1.807) is 48.5 Å². The lowest BCUT2D eigenvalue weighted by Gasteiger charge is -2.07. The second kappa shape index (κ2) is 14.7. The number of rotatable bonds is 14. The predicted molar refractivity (Wildman–Crippen MR) is 132 cm³/mol. The van der Waals surface area contributed by atoms with Crippen LogP contribution in [0.25, 0.3) is 0 Å². The molecular weight excluding hydrogens is 444 g/mol. The molecule has 0 bridgehead atoms. The quantitative estimate of drug-likeness (QED) is 0.121. The van der Waals surface area contributed by atoms with Gasteiger partial charge in [-0.25, -0.2) is 0 Å². The third-order valence-corrected chi connectivity index (χ3v) is 5.41. The van der Waals surface area contributed by atoms with Gasteiger partial charge in [-0.15, -0.1) is 0 Å². The van der Waals surface area contributed by atoms with Crippen molar-refractivity contribution in [2.45, 2.75) is 51.4 Å². The van der Waals surface area contributed by atoms with Crippen molar-refractivity contribution in [3.63, 3.8) is 0 Å². The predicted octanol–water partition coefficient (Wildman–Crippen LogP) is 5.71. The van der Waals surface area contributed by atoms with Gasteiger partial charge in [0, 0.05) is 24.0 Å². The molecule has 0 aliphatic rings. The summed E-state index contributed by atoms with van der Waals surface area (Å²) in [5.41, 5.74) is 0.958. The molecule has 0 heterocycles. The number of hydrogen-bond donors (Lipinski definition) is 2. The van der Waals surface area contributed by atoms with Gasteiger partial charge >= 0.3 is 11.9 Å². The standard InChI is InChI=1S/C25H30O5S2/c26-23(7-3-1-5-17-31)29-21-13-9-19(10-14-21)25(28)20-11-15-22(16-12-20)30-24(27)8-4-2-6-18-32/h9-16,31-32H,1-8,17-18H2. The molecule has 0 saturated carbocycles. The number of esters is 2. The maximum Gasteiger partial charge on any atom is 0.311 e. The largest absolute Gasteiger partial charge is 0.427 e. The Labute approximate surface area is 200 Å². The number of ketones is 1. The molecule has 0 radical (unpaired) electrons. The highest BCUT2D eigenvalue weighted by Gasteiger charge is 2.12. The van der Waals surface area contributed by atoms with Crippen LogP contribution < -0.4 is 9.47 Å². The molecule has 0 saturated heterocycles. The van der Waals surface area contributed by atoms with Crippen molar-refractivity contribution in [3.05, 3.63) is 59.7 Å². The maximum absolute atomic E-state index is 12.7. The maximum atomic E-state index is 12.7. The van der Waals surface area contributed by atoms with E-state index in [1.807, 2.05) is 0 Å². The highest BCUT2D eigenvalue weighted by atomic mass is 32.1. The number of carbonyl (C=O) groups is 3. The summed E-state index contributed by atoms with van der Waals surface area (Å²) in [6.45, 7) is 0. The van der Waals surface area contributed by atoms with E-state index in [9.17, 15) is 14.4 Å². The zero-order valence-corrected chi connectivity index (χ0v) is 19.9. The third kappa shape index (κ3) is 9.49. The lowest BCUT2D eigenvalue weighted by Crippen LogP contribution is -2.08. The fraction of sp³-hybridized carbons (Fsp3) is 0.400. The van der Waals surface area contributed by atoms with Crippen molar-refractivity contribution in [2.24, 2.45) is 0 Å². The van der Waals surface area contributed by atoms with Gasteiger partial charge in [0.05, 0.1) is 0 Å². The minimum atomic E-state index is -0.282. The van der Waals surface area contributed by atoms with Gasteiger partial charge < -0.3 is 9.47 Å². The summed E-state index contributed by atoms with van der Waals surface area (Å²) in [5, 5.41) is 0. The van der Waals surface area contributed by atoms with E-state index in [2.05, 4.69) is 25.3 Å². The van der Waals surface area contributed by atoms with E-state index in [0.29, 0.717) is 35.5 Å². The number of ether oxygens (including phenoxy) is 2. The second-order valence-corrected chi connectivity index (χ2v) is 8.29. The topological polar surface area (TPSA) is 69.7 Å². The fourth-order valence-corrected chi connectivity index (χ4v) is 3.44. The highest BCUT2D eigenvalue weighted by Crippen LogP contribution is 2.19. The van der Waals surface area contributed by atoms with E-state index < -0.39 is 0 Å². The Morgan fingerprint density at radius 1 is 0.562 bits per heavy atom.